The van der Waals surface area contributed by atoms with Gasteiger partial charge in [-0.05, 0) is 24.3 Å². The Morgan fingerprint density at radius 2 is 1.28 bits per heavy atom. The molecule has 0 unspecified atom stereocenters. The molecule has 2 heterocycles. The summed E-state index contributed by atoms with van der Waals surface area (Å²) in [5.74, 6) is 2.13. The Morgan fingerprint density at radius 1 is 0.760 bits per heavy atom. The van der Waals surface area contributed by atoms with E-state index in [1.807, 2.05) is 0 Å². The van der Waals surface area contributed by atoms with Gasteiger partial charge in [0.2, 0.25) is 0 Å². The zero-order valence-electron chi connectivity index (χ0n) is 13.6. The van der Waals surface area contributed by atoms with Crippen LogP contribution in [-0.2, 0) is 10.0 Å². The molecule has 0 N–H and O–H groups in total. The molecule has 0 radical (unpaired) electrons. The van der Waals surface area contributed by atoms with Gasteiger partial charge in [-0.25, -0.2) is 8.42 Å². The molecule has 0 saturated carbocycles. The molecule has 2 aliphatic rings. The van der Waals surface area contributed by atoms with Gasteiger partial charge in [0.25, 0.3) is 10.0 Å². The molecule has 132 valence electrons. The van der Waals surface area contributed by atoms with Crippen LogP contribution >= 0.6 is 0 Å². The molecule has 0 saturated heterocycles. The van der Waals surface area contributed by atoms with E-state index < -0.39 is 10.0 Å². The first-order valence-corrected chi connectivity index (χ1v) is 9.28. The third kappa shape index (κ3) is 2.82. The largest absolute Gasteiger partial charge is 0.486 e. The third-order valence-electron chi connectivity index (χ3n) is 4.06. The summed E-state index contributed by atoms with van der Waals surface area (Å²) >= 11 is 0. The number of hydrogen-bond donors (Lipinski definition) is 0. The third-order valence-corrected chi connectivity index (χ3v) is 5.84. The lowest BCUT2D eigenvalue weighted by Gasteiger charge is -2.24. The van der Waals surface area contributed by atoms with Crippen LogP contribution in [0.2, 0.25) is 0 Å². The Labute approximate surface area is 145 Å². The fourth-order valence-corrected chi connectivity index (χ4v) is 3.91. The number of ether oxygens (including phenoxy) is 4. The lowest BCUT2D eigenvalue weighted by Crippen LogP contribution is -2.27. The number of nitrogens with zero attached hydrogens (tertiary/aromatic N) is 1. The van der Waals surface area contributed by atoms with Crippen LogP contribution in [0.5, 0.6) is 23.0 Å². The average Bonchev–Trinajstić information content (AvgIpc) is 2.66. The van der Waals surface area contributed by atoms with Crippen LogP contribution in [-0.4, -0.2) is 41.9 Å². The van der Waals surface area contributed by atoms with Gasteiger partial charge in [0.1, 0.15) is 26.4 Å². The van der Waals surface area contributed by atoms with E-state index >= 15 is 0 Å². The number of anilines is 1. The predicted molar refractivity (Wildman–Crippen MR) is 90.5 cm³/mol. The highest BCUT2D eigenvalue weighted by atomic mass is 32.2. The van der Waals surface area contributed by atoms with E-state index in [1.54, 1.807) is 24.3 Å². The van der Waals surface area contributed by atoms with Gasteiger partial charge in [-0.1, -0.05) is 0 Å². The Hall–Kier alpha value is -2.61. The van der Waals surface area contributed by atoms with Gasteiger partial charge in [-0.3, -0.25) is 4.31 Å². The SMILES string of the molecule is CN(c1ccc2c(c1)OCCO2)S(=O)(=O)c1ccc2c(c1)OCCO2. The van der Waals surface area contributed by atoms with Gasteiger partial charge >= 0.3 is 0 Å². The minimum atomic E-state index is -3.75. The summed E-state index contributed by atoms with van der Waals surface area (Å²) in [5, 5.41) is 0. The molecule has 2 aromatic carbocycles. The van der Waals surface area contributed by atoms with Crippen molar-refractivity contribution >= 4 is 15.7 Å². The molecule has 0 amide bonds. The van der Waals surface area contributed by atoms with Crippen molar-refractivity contribution in [3.63, 3.8) is 0 Å². The first-order valence-electron chi connectivity index (χ1n) is 7.84. The monoisotopic (exact) mass is 363 g/mol. The van der Waals surface area contributed by atoms with Crippen molar-refractivity contribution in [2.45, 2.75) is 4.90 Å². The Kier molecular flexibility index (Phi) is 3.84. The van der Waals surface area contributed by atoms with Crippen molar-refractivity contribution in [2.75, 3.05) is 37.8 Å². The zero-order valence-corrected chi connectivity index (χ0v) is 14.4. The summed E-state index contributed by atoms with van der Waals surface area (Å²) in [6, 6.07) is 9.65. The number of rotatable bonds is 3. The van der Waals surface area contributed by atoms with Crippen LogP contribution < -0.4 is 23.3 Å². The first-order chi connectivity index (χ1) is 12.1. The van der Waals surface area contributed by atoms with E-state index in [-0.39, 0.29) is 4.90 Å². The highest BCUT2D eigenvalue weighted by Crippen LogP contribution is 2.37. The Morgan fingerprint density at radius 3 is 1.92 bits per heavy atom. The van der Waals surface area contributed by atoms with Crippen molar-refractivity contribution in [3.8, 4) is 23.0 Å². The van der Waals surface area contributed by atoms with Crippen LogP contribution in [0.3, 0.4) is 0 Å². The molecule has 25 heavy (non-hydrogen) atoms. The van der Waals surface area contributed by atoms with E-state index in [9.17, 15) is 8.42 Å². The molecular formula is C17H17NO6S. The van der Waals surface area contributed by atoms with Crippen LogP contribution in [0.15, 0.2) is 41.3 Å². The molecule has 0 atom stereocenters. The van der Waals surface area contributed by atoms with Gasteiger partial charge in [-0.2, -0.15) is 0 Å². The number of sulfonamides is 1. The van der Waals surface area contributed by atoms with Gasteiger partial charge < -0.3 is 18.9 Å². The lowest BCUT2D eigenvalue weighted by molar-refractivity contribution is 0.171. The number of benzene rings is 2. The van der Waals surface area contributed by atoms with E-state index in [2.05, 4.69) is 0 Å². The second-order valence-corrected chi connectivity index (χ2v) is 7.58. The highest BCUT2D eigenvalue weighted by Gasteiger charge is 2.25. The van der Waals surface area contributed by atoms with Gasteiger partial charge in [-0.15, -0.1) is 0 Å². The number of hydrogen-bond acceptors (Lipinski definition) is 6. The average molecular weight is 363 g/mol. The number of fused-ring (bicyclic) bond motifs is 2. The van der Waals surface area contributed by atoms with Crippen molar-refractivity contribution in [1.82, 2.24) is 0 Å². The zero-order chi connectivity index (χ0) is 17.4. The second kappa shape index (κ2) is 6.03. The molecule has 0 bridgehead atoms. The van der Waals surface area contributed by atoms with Crippen molar-refractivity contribution in [1.29, 1.82) is 0 Å². The second-order valence-electron chi connectivity index (χ2n) is 5.61. The van der Waals surface area contributed by atoms with Crippen molar-refractivity contribution < 1.29 is 27.4 Å². The summed E-state index contributed by atoms with van der Waals surface area (Å²) in [6.07, 6.45) is 0. The molecule has 0 fully saturated rings. The van der Waals surface area contributed by atoms with Crippen LogP contribution in [0.1, 0.15) is 0 Å². The molecule has 8 heteroatoms. The van der Waals surface area contributed by atoms with E-state index in [0.29, 0.717) is 55.1 Å². The smallest absolute Gasteiger partial charge is 0.264 e. The summed E-state index contributed by atoms with van der Waals surface area (Å²) in [5.41, 5.74) is 0.485. The van der Waals surface area contributed by atoms with E-state index in [1.165, 1.54) is 23.5 Å². The molecular weight excluding hydrogens is 346 g/mol. The molecule has 2 aliphatic heterocycles. The van der Waals surface area contributed by atoms with Crippen LogP contribution in [0, 0.1) is 0 Å². The Balaban J connectivity index is 1.68. The minimum absolute atomic E-state index is 0.133. The van der Waals surface area contributed by atoms with Crippen molar-refractivity contribution in [2.24, 2.45) is 0 Å². The summed E-state index contributed by atoms with van der Waals surface area (Å²) in [4.78, 5) is 0.133. The predicted octanol–water partition coefficient (Wildman–Crippen LogP) is 2.05. The molecule has 2 aromatic rings. The lowest BCUT2D eigenvalue weighted by atomic mass is 10.2. The highest BCUT2D eigenvalue weighted by molar-refractivity contribution is 7.92. The molecule has 4 rings (SSSR count). The normalized spacial score (nSPS) is 15.6. The molecule has 0 spiro atoms. The molecule has 7 nitrogen and oxygen atoms in total. The fraction of sp³-hybridized carbons (Fsp3) is 0.294. The summed E-state index contributed by atoms with van der Waals surface area (Å²) in [7, 11) is -2.25. The standard InChI is InChI=1S/C17H17NO6S/c1-18(12-2-4-14-16(10-12)23-8-6-21-14)25(19,20)13-3-5-15-17(11-13)24-9-7-22-15/h2-5,10-11H,6-9H2,1H3. The first kappa shape index (κ1) is 15.9. The van der Waals surface area contributed by atoms with Gasteiger partial charge in [0.15, 0.2) is 23.0 Å². The Bertz CT molecular complexity index is 911. The van der Waals surface area contributed by atoms with Crippen LogP contribution in [0.25, 0.3) is 0 Å². The quantitative estimate of drug-likeness (QED) is 0.831. The van der Waals surface area contributed by atoms with Gasteiger partial charge in [0, 0.05) is 19.2 Å². The van der Waals surface area contributed by atoms with E-state index in [4.69, 9.17) is 18.9 Å². The van der Waals surface area contributed by atoms with Crippen LogP contribution in [0.4, 0.5) is 5.69 Å². The van der Waals surface area contributed by atoms with Crippen molar-refractivity contribution in [3.05, 3.63) is 36.4 Å². The fourth-order valence-electron chi connectivity index (χ4n) is 2.71. The maximum Gasteiger partial charge on any atom is 0.264 e. The molecule has 0 aliphatic carbocycles. The van der Waals surface area contributed by atoms with Gasteiger partial charge in [0.05, 0.1) is 10.6 Å². The summed E-state index contributed by atoms with van der Waals surface area (Å²) < 4.78 is 49.0. The minimum Gasteiger partial charge on any atom is -0.486 e. The maximum absolute atomic E-state index is 12.9. The maximum atomic E-state index is 12.9. The molecule has 0 aromatic heterocycles. The topological polar surface area (TPSA) is 74.3 Å². The summed E-state index contributed by atoms with van der Waals surface area (Å²) in [6.45, 7) is 1.78. The van der Waals surface area contributed by atoms with E-state index in [0.717, 1.165) is 0 Å².